The molecule has 1 fully saturated rings. The number of morpholine rings is 1. The molecule has 1 aliphatic rings. The molecule has 1 saturated heterocycles. The molecule has 1 aromatic heterocycles. The molecular weight excluding hydrogens is 197 g/mol. The standard InChI is InChI=1S/C7H9N3O3.Li.H2O/c11-5-6-8-9-7(13-6)10-1-3-12-4-2-10;;/h5H,1-4H2;;1H2/q;+1;/p-1. The normalized spacial score (nSPS) is 15.1. The molecule has 1 aliphatic heterocycles. The second-order valence-corrected chi connectivity index (χ2v) is 2.64. The first kappa shape index (κ1) is 14.1. The first-order valence-electron chi connectivity index (χ1n) is 4.01. The summed E-state index contributed by atoms with van der Waals surface area (Å²) in [5, 5.41) is 7.28. The van der Waals surface area contributed by atoms with Crippen LogP contribution in [-0.4, -0.2) is 48.3 Å². The van der Waals surface area contributed by atoms with Crippen molar-refractivity contribution in [1.82, 2.24) is 10.2 Å². The van der Waals surface area contributed by atoms with E-state index >= 15 is 0 Å². The Kier molecular flexibility index (Phi) is 6.20. The molecule has 2 heterocycles. The molecule has 78 valence electrons. The van der Waals surface area contributed by atoms with Crippen molar-refractivity contribution in [3.05, 3.63) is 5.89 Å². The molecule has 0 unspecified atom stereocenters. The number of anilines is 1. The number of hydrogen-bond donors (Lipinski definition) is 0. The van der Waals surface area contributed by atoms with E-state index in [-0.39, 0.29) is 30.2 Å². The Morgan fingerprint density at radius 2 is 1.93 bits per heavy atom. The average Bonchev–Trinajstić information content (AvgIpc) is 2.67. The second-order valence-electron chi connectivity index (χ2n) is 2.64. The van der Waals surface area contributed by atoms with Gasteiger partial charge < -0.3 is 19.5 Å². The van der Waals surface area contributed by atoms with Crippen LogP contribution in [0.3, 0.4) is 0 Å². The fourth-order valence-corrected chi connectivity index (χ4v) is 1.16. The molecule has 0 atom stereocenters. The summed E-state index contributed by atoms with van der Waals surface area (Å²) >= 11 is 0. The molecule has 8 heteroatoms. The molecule has 15 heavy (non-hydrogen) atoms. The molecular formula is C7H10LiN3O4. The summed E-state index contributed by atoms with van der Waals surface area (Å²) in [6.45, 7) is 2.75. The van der Waals surface area contributed by atoms with Crippen molar-refractivity contribution in [1.29, 1.82) is 0 Å². The fraction of sp³-hybridized carbons (Fsp3) is 0.571. The zero-order chi connectivity index (χ0) is 9.10. The van der Waals surface area contributed by atoms with Crippen LogP contribution >= 0.6 is 0 Å². The molecule has 0 aromatic carbocycles. The minimum absolute atomic E-state index is 0. The number of ether oxygens (including phenoxy) is 1. The minimum atomic E-state index is 0. The van der Waals surface area contributed by atoms with Crippen molar-refractivity contribution < 1.29 is 38.3 Å². The van der Waals surface area contributed by atoms with E-state index in [2.05, 4.69) is 10.2 Å². The van der Waals surface area contributed by atoms with Crippen LogP contribution in [0.15, 0.2) is 4.42 Å². The minimum Gasteiger partial charge on any atom is -0.870 e. The molecule has 0 saturated carbocycles. The Balaban J connectivity index is 0.000000980. The zero-order valence-corrected chi connectivity index (χ0v) is 8.42. The van der Waals surface area contributed by atoms with Crippen molar-refractivity contribution >= 4 is 12.3 Å². The van der Waals surface area contributed by atoms with Gasteiger partial charge in [0, 0.05) is 13.1 Å². The zero-order valence-electron chi connectivity index (χ0n) is 8.42. The van der Waals surface area contributed by atoms with E-state index in [1.807, 2.05) is 4.90 Å². The van der Waals surface area contributed by atoms with E-state index in [9.17, 15) is 4.79 Å². The monoisotopic (exact) mass is 207 g/mol. The quantitative estimate of drug-likeness (QED) is 0.367. The van der Waals surface area contributed by atoms with Gasteiger partial charge >= 0.3 is 24.9 Å². The molecule has 0 bridgehead atoms. The Bertz CT molecular complexity index is 300. The molecule has 1 N–H and O–H groups in total. The number of rotatable bonds is 2. The predicted octanol–water partition coefficient (Wildman–Crippen LogP) is -3.45. The maximum absolute atomic E-state index is 10.3. The second kappa shape index (κ2) is 6.58. The first-order valence-corrected chi connectivity index (χ1v) is 4.01. The molecule has 0 spiro atoms. The van der Waals surface area contributed by atoms with Gasteiger partial charge in [-0.05, 0) is 0 Å². The summed E-state index contributed by atoms with van der Waals surface area (Å²) in [6, 6.07) is 0.394. The fourth-order valence-electron chi connectivity index (χ4n) is 1.16. The van der Waals surface area contributed by atoms with E-state index in [1.54, 1.807) is 0 Å². The van der Waals surface area contributed by atoms with Gasteiger partial charge in [0.15, 0.2) is 0 Å². The van der Waals surface area contributed by atoms with Crippen LogP contribution in [0.5, 0.6) is 0 Å². The van der Waals surface area contributed by atoms with Gasteiger partial charge in [-0.2, -0.15) is 0 Å². The van der Waals surface area contributed by atoms with Crippen LogP contribution in [0.1, 0.15) is 10.7 Å². The number of nitrogens with zero attached hydrogens (tertiary/aromatic N) is 3. The average molecular weight is 207 g/mol. The first-order chi connectivity index (χ1) is 6.40. The summed E-state index contributed by atoms with van der Waals surface area (Å²) in [6.07, 6.45) is 0.539. The molecule has 0 amide bonds. The van der Waals surface area contributed by atoms with E-state index in [0.29, 0.717) is 25.5 Å². The third kappa shape index (κ3) is 3.32. The topological polar surface area (TPSA) is 98.5 Å². The van der Waals surface area contributed by atoms with Crippen molar-refractivity contribution in [3.63, 3.8) is 0 Å². The molecule has 2 rings (SSSR count). The summed E-state index contributed by atoms with van der Waals surface area (Å²) in [5.74, 6) is 0.0153. The third-order valence-electron chi connectivity index (χ3n) is 1.81. The summed E-state index contributed by atoms with van der Waals surface area (Å²) in [4.78, 5) is 12.2. The number of aromatic nitrogens is 2. The number of carbonyl (C=O) groups is 1. The summed E-state index contributed by atoms with van der Waals surface area (Å²) < 4.78 is 10.2. The van der Waals surface area contributed by atoms with Gasteiger partial charge in [-0.3, -0.25) is 4.79 Å². The molecule has 1 aromatic rings. The smallest absolute Gasteiger partial charge is 0.870 e. The van der Waals surface area contributed by atoms with Crippen molar-refractivity contribution in [2.24, 2.45) is 0 Å². The van der Waals surface area contributed by atoms with E-state index in [1.165, 1.54) is 0 Å². The van der Waals surface area contributed by atoms with Crippen LogP contribution in [0, 0.1) is 0 Å². The Hall–Kier alpha value is -0.873. The van der Waals surface area contributed by atoms with Gasteiger partial charge in [0.05, 0.1) is 13.2 Å². The Morgan fingerprint density at radius 3 is 2.47 bits per heavy atom. The van der Waals surface area contributed by atoms with Gasteiger partial charge in [0.25, 0.3) is 5.89 Å². The van der Waals surface area contributed by atoms with Crippen molar-refractivity contribution in [2.45, 2.75) is 0 Å². The van der Waals surface area contributed by atoms with Gasteiger partial charge in [-0.15, -0.1) is 5.10 Å². The van der Waals surface area contributed by atoms with E-state index in [0.717, 1.165) is 13.1 Å². The van der Waals surface area contributed by atoms with Gasteiger partial charge in [0.2, 0.25) is 6.29 Å². The molecule has 7 nitrogen and oxygen atoms in total. The third-order valence-corrected chi connectivity index (χ3v) is 1.81. The Morgan fingerprint density at radius 1 is 1.27 bits per heavy atom. The SMILES string of the molecule is O=Cc1nnc(N2CCOCC2)o1.[Li+].[OH-]. The van der Waals surface area contributed by atoms with Crippen LogP contribution in [0.25, 0.3) is 0 Å². The molecule has 0 radical (unpaired) electrons. The van der Waals surface area contributed by atoms with Gasteiger partial charge in [0.1, 0.15) is 0 Å². The van der Waals surface area contributed by atoms with Crippen molar-refractivity contribution in [3.8, 4) is 0 Å². The predicted molar refractivity (Wildman–Crippen MR) is 44.7 cm³/mol. The number of carbonyl (C=O) groups excluding carboxylic acids is 1. The number of aldehydes is 1. The van der Waals surface area contributed by atoms with E-state index < -0.39 is 0 Å². The Labute approximate surface area is 98.3 Å². The molecule has 0 aliphatic carbocycles. The largest absolute Gasteiger partial charge is 1.00 e. The van der Waals surface area contributed by atoms with Gasteiger partial charge in [-0.1, -0.05) is 5.10 Å². The van der Waals surface area contributed by atoms with Crippen LogP contribution in [0.2, 0.25) is 0 Å². The van der Waals surface area contributed by atoms with E-state index in [4.69, 9.17) is 9.15 Å². The maximum atomic E-state index is 10.3. The van der Waals surface area contributed by atoms with Gasteiger partial charge in [-0.25, -0.2) is 0 Å². The summed E-state index contributed by atoms with van der Waals surface area (Å²) in [5.41, 5.74) is 0. The number of hydrogen-bond acceptors (Lipinski definition) is 7. The van der Waals surface area contributed by atoms with Crippen molar-refractivity contribution in [2.75, 3.05) is 31.2 Å². The maximum Gasteiger partial charge on any atom is 1.00 e. The van der Waals surface area contributed by atoms with Crippen LogP contribution in [-0.2, 0) is 4.74 Å². The van der Waals surface area contributed by atoms with Crippen LogP contribution < -0.4 is 23.8 Å². The van der Waals surface area contributed by atoms with Crippen LogP contribution in [0.4, 0.5) is 6.01 Å². The summed E-state index contributed by atoms with van der Waals surface area (Å²) in [7, 11) is 0.